The van der Waals surface area contributed by atoms with E-state index in [1.807, 2.05) is 31.7 Å². The molecule has 1 fully saturated rings. The van der Waals surface area contributed by atoms with Crippen LogP contribution in [0.1, 0.15) is 35.9 Å². The zero-order valence-electron chi connectivity index (χ0n) is 15.0. The number of hydrogen-bond acceptors (Lipinski definition) is 6. The molecule has 134 valence electrons. The highest BCUT2D eigenvalue weighted by atomic mass is 16.2. The number of piperazine rings is 1. The molecule has 1 aliphatic rings. The zero-order valence-corrected chi connectivity index (χ0v) is 15.0. The summed E-state index contributed by atoms with van der Waals surface area (Å²) >= 11 is 0. The van der Waals surface area contributed by atoms with E-state index in [2.05, 4.69) is 30.4 Å². The van der Waals surface area contributed by atoms with E-state index >= 15 is 0 Å². The Morgan fingerprint density at radius 3 is 2.72 bits per heavy atom. The van der Waals surface area contributed by atoms with Crippen molar-refractivity contribution in [1.29, 1.82) is 0 Å². The Hall–Kier alpha value is -2.48. The summed E-state index contributed by atoms with van der Waals surface area (Å²) in [4.78, 5) is 25.7. The minimum absolute atomic E-state index is 0.0321. The lowest BCUT2D eigenvalue weighted by Crippen LogP contribution is -2.48. The van der Waals surface area contributed by atoms with Crippen molar-refractivity contribution in [2.24, 2.45) is 0 Å². The number of rotatable bonds is 5. The van der Waals surface area contributed by atoms with Crippen molar-refractivity contribution in [2.75, 3.05) is 31.5 Å². The van der Waals surface area contributed by atoms with Crippen LogP contribution in [0, 0.1) is 6.92 Å². The molecule has 0 bridgehead atoms. The maximum absolute atomic E-state index is 12.9. The largest absolute Gasteiger partial charge is 0.367 e. The molecule has 2 N–H and O–H groups in total. The summed E-state index contributed by atoms with van der Waals surface area (Å²) in [5.74, 6) is 2.31. The maximum Gasteiger partial charge on any atom is 0.257 e. The minimum atomic E-state index is 0.0321. The average Bonchev–Trinajstić information content (AvgIpc) is 3.00. The number of aromatic nitrogens is 4. The van der Waals surface area contributed by atoms with Gasteiger partial charge in [-0.3, -0.25) is 14.8 Å². The SMILES string of the molecule is Cc1nc(CN2CCN(C(=O)c3cccnc3NC(C)C)CC2)n[nH]1. The second-order valence-electron chi connectivity index (χ2n) is 6.60. The van der Waals surface area contributed by atoms with Crippen molar-refractivity contribution in [3.63, 3.8) is 0 Å². The van der Waals surface area contributed by atoms with Crippen LogP contribution in [-0.4, -0.2) is 68.1 Å². The topological polar surface area (TPSA) is 90.0 Å². The normalized spacial score (nSPS) is 15.6. The molecule has 3 heterocycles. The predicted molar refractivity (Wildman–Crippen MR) is 95.3 cm³/mol. The molecule has 0 radical (unpaired) electrons. The molecular weight excluding hydrogens is 318 g/mol. The Kier molecular flexibility index (Phi) is 5.28. The molecule has 1 amide bonds. The van der Waals surface area contributed by atoms with Crippen molar-refractivity contribution >= 4 is 11.7 Å². The lowest BCUT2D eigenvalue weighted by molar-refractivity contribution is 0.0626. The third-order valence-corrected chi connectivity index (χ3v) is 4.13. The van der Waals surface area contributed by atoms with Crippen LogP contribution in [0.4, 0.5) is 5.82 Å². The monoisotopic (exact) mass is 343 g/mol. The first-order valence-electron chi connectivity index (χ1n) is 8.64. The van der Waals surface area contributed by atoms with Gasteiger partial charge in [0.1, 0.15) is 11.6 Å². The lowest BCUT2D eigenvalue weighted by Gasteiger charge is -2.34. The number of aromatic amines is 1. The summed E-state index contributed by atoms with van der Waals surface area (Å²) in [5, 5.41) is 10.3. The van der Waals surface area contributed by atoms with Crippen LogP contribution in [0.25, 0.3) is 0 Å². The molecule has 0 aromatic carbocycles. The first-order chi connectivity index (χ1) is 12.0. The molecule has 8 heteroatoms. The standard InChI is InChI=1S/C17H25N7O/c1-12(2)19-16-14(5-4-6-18-16)17(25)24-9-7-23(8-10-24)11-15-20-13(3)21-22-15/h4-6,12H,7-11H2,1-3H3,(H,18,19)(H,20,21,22). The van der Waals surface area contributed by atoms with Gasteiger partial charge in [0.15, 0.2) is 5.82 Å². The van der Waals surface area contributed by atoms with E-state index in [4.69, 9.17) is 0 Å². The molecule has 1 saturated heterocycles. The number of nitrogens with zero attached hydrogens (tertiary/aromatic N) is 5. The fourth-order valence-corrected chi connectivity index (χ4v) is 2.91. The smallest absolute Gasteiger partial charge is 0.257 e. The van der Waals surface area contributed by atoms with E-state index in [0.717, 1.165) is 24.7 Å². The molecule has 2 aromatic heterocycles. The molecule has 0 spiro atoms. The van der Waals surface area contributed by atoms with Crippen LogP contribution in [0.15, 0.2) is 18.3 Å². The van der Waals surface area contributed by atoms with E-state index in [1.165, 1.54) is 0 Å². The quantitative estimate of drug-likeness (QED) is 0.850. The fraction of sp³-hybridized carbons (Fsp3) is 0.529. The van der Waals surface area contributed by atoms with Crippen molar-refractivity contribution in [3.05, 3.63) is 35.5 Å². The van der Waals surface area contributed by atoms with Gasteiger partial charge in [0.2, 0.25) is 0 Å². The van der Waals surface area contributed by atoms with Crippen molar-refractivity contribution in [3.8, 4) is 0 Å². The molecule has 1 aliphatic heterocycles. The van der Waals surface area contributed by atoms with Gasteiger partial charge in [-0.15, -0.1) is 0 Å². The first-order valence-corrected chi connectivity index (χ1v) is 8.64. The highest BCUT2D eigenvalue weighted by Crippen LogP contribution is 2.17. The number of carbonyl (C=O) groups excluding carboxylic acids is 1. The van der Waals surface area contributed by atoms with Crippen molar-refractivity contribution in [2.45, 2.75) is 33.4 Å². The molecular formula is C17H25N7O. The van der Waals surface area contributed by atoms with E-state index in [1.54, 1.807) is 12.3 Å². The molecule has 2 aromatic rings. The third kappa shape index (κ3) is 4.33. The highest BCUT2D eigenvalue weighted by Gasteiger charge is 2.25. The number of pyridine rings is 1. The van der Waals surface area contributed by atoms with Gasteiger partial charge in [0, 0.05) is 38.4 Å². The Bertz CT molecular complexity index is 719. The third-order valence-electron chi connectivity index (χ3n) is 4.13. The average molecular weight is 343 g/mol. The number of H-pyrrole nitrogens is 1. The molecule has 8 nitrogen and oxygen atoms in total. The van der Waals surface area contributed by atoms with Gasteiger partial charge in [0.05, 0.1) is 12.1 Å². The summed E-state index contributed by atoms with van der Waals surface area (Å²) in [6, 6.07) is 3.87. The van der Waals surface area contributed by atoms with Crippen molar-refractivity contribution < 1.29 is 4.79 Å². The van der Waals surface area contributed by atoms with Gasteiger partial charge in [0.25, 0.3) is 5.91 Å². The molecule has 0 aliphatic carbocycles. The lowest BCUT2D eigenvalue weighted by atomic mass is 10.2. The van der Waals surface area contributed by atoms with Crippen LogP contribution in [0.3, 0.4) is 0 Å². The van der Waals surface area contributed by atoms with Crippen LogP contribution in [-0.2, 0) is 6.54 Å². The van der Waals surface area contributed by atoms with Gasteiger partial charge in [-0.25, -0.2) is 9.97 Å². The molecule has 0 saturated carbocycles. The Morgan fingerprint density at radius 1 is 1.32 bits per heavy atom. The van der Waals surface area contributed by atoms with Gasteiger partial charge in [-0.05, 0) is 32.9 Å². The number of carbonyl (C=O) groups is 1. The summed E-state index contributed by atoms with van der Waals surface area (Å²) in [5.41, 5.74) is 0.634. The Balaban J connectivity index is 1.60. The highest BCUT2D eigenvalue weighted by molar-refractivity contribution is 5.98. The van der Waals surface area contributed by atoms with E-state index in [0.29, 0.717) is 31.0 Å². The Labute approximate surface area is 147 Å². The summed E-state index contributed by atoms with van der Waals surface area (Å²) in [6.45, 7) is 9.68. The summed E-state index contributed by atoms with van der Waals surface area (Å²) in [6.07, 6.45) is 1.71. The van der Waals surface area contributed by atoms with Gasteiger partial charge < -0.3 is 10.2 Å². The number of amides is 1. The van der Waals surface area contributed by atoms with E-state index in [-0.39, 0.29) is 11.9 Å². The fourth-order valence-electron chi connectivity index (χ4n) is 2.91. The van der Waals surface area contributed by atoms with Crippen LogP contribution < -0.4 is 5.32 Å². The maximum atomic E-state index is 12.9. The number of nitrogens with one attached hydrogen (secondary N) is 2. The Morgan fingerprint density at radius 2 is 2.08 bits per heavy atom. The minimum Gasteiger partial charge on any atom is -0.367 e. The molecule has 0 atom stereocenters. The number of anilines is 1. The number of hydrogen-bond donors (Lipinski definition) is 2. The first kappa shape index (κ1) is 17.3. The van der Waals surface area contributed by atoms with Crippen LogP contribution >= 0.6 is 0 Å². The summed E-state index contributed by atoms with van der Waals surface area (Å²) in [7, 11) is 0. The van der Waals surface area contributed by atoms with Gasteiger partial charge >= 0.3 is 0 Å². The number of aryl methyl sites for hydroxylation is 1. The van der Waals surface area contributed by atoms with E-state index in [9.17, 15) is 4.79 Å². The molecule has 25 heavy (non-hydrogen) atoms. The van der Waals surface area contributed by atoms with Crippen molar-refractivity contribution in [1.82, 2.24) is 30.0 Å². The summed E-state index contributed by atoms with van der Waals surface area (Å²) < 4.78 is 0. The van der Waals surface area contributed by atoms with Gasteiger partial charge in [-0.1, -0.05) is 0 Å². The molecule has 0 unspecified atom stereocenters. The van der Waals surface area contributed by atoms with E-state index < -0.39 is 0 Å². The zero-order chi connectivity index (χ0) is 17.8. The second kappa shape index (κ2) is 7.60. The predicted octanol–water partition coefficient (Wildman–Crippen LogP) is 1.29. The van der Waals surface area contributed by atoms with Crippen LogP contribution in [0.2, 0.25) is 0 Å². The second-order valence-corrected chi connectivity index (χ2v) is 6.60. The van der Waals surface area contributed by atoms with Crippen LogP contribution in [0.5, 0.6) is 0 Å². The molecule has 3 rings (SSSR count). The van der Waals surface area contributed by atoms with Gasteiger partial charge in [-0.2, -0.15) is 5.10 Å².